The molecule has 4 nitrogen and oxygen atoms in total. The Bertz CT molecular complexity index is 1520. The van der Waals surface area contributed by atoms with Crippen LogP contribution in [0.5, 0.6) is 0 Å². The van der Waals surface area contributed by atoms with Crippen molar-refractivity contribution in [2.75, 3.05) is 0 Å². The zero-order chi connectivity index (χ0) is 20.6. The lowest BCUT2D eigenvalue weighted by Gasteiger charge is -2.06. The molecule has 0 saturated heterocycles. The summed E-state index contributed by atoms with van der Waals surface area (Å²) in [7, 11) is 0. The van der Waals surface area contributed by atoms with E-state index in [2.05, 4.69) is 52.4 Å². The van der Waals surface area contributed by atoms with E-state index in [1.807, 2.05) is 48.7 Å². The molecule has 146 valence electrons. The zero-order valence-corrected chi connectivity index (χ0v) is 16.6. The van der Waals surface area contributed by atoms with Crippen molar-refractivity contribution in [1.29, 1.82) is 0 Å². The van der Waals surface area contributed by atoms with Crippen LogP contribution in [0.15, 0.2) is 108 Å². The minimum Gasteiger partial charge on any atom is -0.455 e. The molecule has 0 spiro atoms. The minimum absolute atomic E-state index is 0.651. The van der Waals surface area contributed by atoms with E-state index in [0.29, 0.717) is 5.82 Å². The first kappa shape index (κ1) is 17.5. The quantitative estimate of drug-likeness (QED) is 0.329. The highest BCUT2D eigenvalue weighted by molar-refractivity contribution is 6.09. The molecule has 31 heavy (non-hydrogen) atoms. The van der Waals surface area contributed by atoms with Crippen LogP contribution in [0.25, 0.3) is 55.7 Å². The van der Waals surface area contributed by atoms with Crippen LogP contribution in [0.3, 0.4) is 0 Å². The average Bonchev–Trinajstić information content (AvgIpc) is 3.24. The minimum atomic E-state index is 0.651. The Hall–Kier alpha value is -4.31. The predicted molar refractivity (Wildman–Crippen MR) is 123 cm³/mol. The predicted octanol–water partition coefficient (Wildman–Crippen LogP) is 6.77. The van der Waals surface area contributed by atoms with Gasteiger partial charge in [0.05, 0.1) is 11.3 Å². The Labute approximate surface area is 178 Å². The number of hydrogen-bond acceptors (Lipinski definition) is 4. The molecule has 0 aliphatic heterocycles. The summed E-state index contributed by atoms with van der Waals surface area (Å²) < 4.78 is 6.16. The topological polar surface area (TPSA) is 51.8 Å². The van der Waals surface area contributed by atoms with E-state index in [4.69, 9.17) is 9.40 Å². The molecular formula is C27H17N3O. The number of nitrogens with zero attached hydrogens (tertiary/aromatic N) is 3. The van der Waals surface area contributed by atoms with Gasteiger partial charge in [0.25, 0.3) is 0 Å². The first-order chi connectivity index (χ1) is 15.4. The van der Waals surface area contributed by atoms with Crippen molar-refractivity contribution in [3.63, 3.8) is 0 Å². The highest BCUT2D eigenvalue weighted by Crippen LogP contribution is 2.35. The van der Waals surface area contributed by atoms with Gasteiger partial charge in [-0.05, 0) is 35.4 Å². The van der Waals surface area contributed by atoms with E-state index >= 15 is 0 Å². The number of pyridine rings is 1. The Kier molecular flexibility index (Phi) is 4.06. The highest BCUT2D eigenvalue weighted by atomic mass is 16.3. The van der Waals surface area contributed by atoms with E-state index in [-0.39, 0.29) is 0 Å². The molecular weight excluding hydrogens is 382 g/mol. The summed E-state index contributed by atoms with van der Waals surface area (Å²) in [6.45, 7) is 0. The molecule has 0 N–H and O–H groups in total. The van der Waals surface area contributed by atoms with Crippen molar-refractivity contribution in [2.24, 2.45) is 0 Å². The van der Waals surface area contributed by atoms with Gasteiger partial charge in [-0.3, -0.25) is 4.98 Å². The van der Waals surface area contributed by atoms with Gasteiger partial charge in [-0.1, -0.05) is 60.7 Å². The molecule has 0 aliphatic carbocycles. The molecule has 0 atom stereocenters. The molecule has 0 saturated carbocycles. The van der Waals surface area contributed by atoms with Crippen LogP contribution in [-0.4, -0.2) is 15.0 Å². The van der Waals surface area contributed by atoms with Gasteiger partial charge >= 0.3 is 0 Å². The Balaban J connectivity index is 1.43. The Morgan fingerprint density at radius 2 is 1.45 bits per heavy atom. The van der Waals surface area contributed by atoms with Crippen molar-refractivity contribution in [1.82, 2.24) is 15.0 Å². The average molecular weight is 399 g/mol. The number of aromatic nitrogens is 3. The zero-order valence-electron chi connectivity index (χ0n) is 16.6. The molecule has 0 aliphatic rings. The van der Waals surface area contributed by atoms with Crippen molar-refractivity contribution in [3.05, 3.63) is 104 Å². The Morgan fingerprint density at radius 1 is 0.613 bits per heavy atom. The molecule has 0 amide bonds. The van der Waals surface area contributed by atoms with Crippen LogP contribution in [0.4, 0.5) is 0 Å². The smallest absolute Gasteiger partial charge is 0.163 e. The largest absolute Gasteiger partial charge is 0.455 e. The first-order valence-corrected chi connectivity index (χ1v) is 10.1. The van der Waals surface area contributed by atoms with Crippen LogP contribution in [0.1, 0.15) is 0 Å². The lowest BCUT2D eigenvalue weighted by atomic mass is 10.0. The standard InChI is InChI=1S/C27H17N3O/c1-2-9-25-21(6-1)22-7-3-8-23(26(22)31-25)27-29-16-14-24(30-27)19-12-10-18(11-13-19)20-5-4-15-28-17-20/h1-17H. The summed E-state index contributed by atoms with van der Waals surface area (Å²) in [5.74, 6) is 0.651. The number of benzene rings is 3. The molecule has 6 rings (SSSR count). The summed E-state index contributed by atoms with van der Waals surface area (Å²) in [6, 6.07) is 28.5. The van der Waals surface area contributed by atoms with E-state index in [1.54, 1.807) is 12.4 Å². The molecule has 0 bridgehead atoms. The number of hydrogen-bond donors (Lipinski definition) is 0. The van der Waals surface area contributed by atoms with Gasteiger partial charge in [-0.2, -0.15) is 0 Å². The lowest BCUT2D eigenvalue weighted by molar-refractivity contribution is 0.669. The van der Waals surface area contributed by atoms with Gasteiger partial charge in [0, 0.05) is 34.9 Å². The maximum atomic E-state index is 6.16. The molecule has 0 radical (unpaired) electrons. The third-order valence-electron chi connectivity index (χ3n) is 5.48. The van der Waals surface area contributed by atoms with E-state index < -0.39 is 0 Å². The molecule has 0 unspecified atom stereocenters. The van der Waals surface area contributed by atoms with Crippen LogP contribution < -0.4 is 0 Å². The number of para-hydroxylation sites is 2. The van der Waals surface area contributed by atoms with Gasteiger partial charge in [0.15, 0.2) is 5.82 Å². The molecule has 3 aromatic heterocycles. The monoisotopic (exact) mass is 399 g/mol. The molecule has 4 heteroatoms. The number of rotatable bonds is 3. The van der Waals surface area contributed by atoms with Crippen LogP contribution >= 0.6 is 0 Å². The van der Waals surface area contributed by atoms with Crippen LogP contribution in [-0.2, 0) is 0 Å². The normalized spacial score (nSPS) is 11.2. The second-order valence-corrected chi connectivity index (χ2v) is 7.37. The maximum Gasteiger partial charge on any atom is 0.163 e. The van der Waals surface area contributed by atoms with Crippen molar-refractivity contribution in [3.8, 4) is 33.8 Å². The lowest BCUT2D eigenvalue weighted by Crippen LogP contribution is -1.92. The maximum absolute atomic E-state index is 6.16. The van der Waals surface area contributed by atoms with Gasteiger partial charge in [-0.25, -0.2) is 9.97 Å². The SMILES string of the molecule is c1cncc(-c2ccc(-c3ccnc(-c4cccc5c4oc4ccccc45)n3)cc2)c1. The van der Waals surface area contributed by atoms with Crippen LogP contribution in [0.2, 0.25) is 0 Å². The van der Waals surface area contributed by atoms with Crippen molar-refractivity contribution >= 4 is 21.9 Å². The molecule has 3 aromatic carbocycles. The fourth-order valence-electron chi connectivity index (χ4n) is 3.94. The highest BCUT2D eigenvalue weighted by Gasteiger charge is 2.14. The second kappa shape index (κ2) is 7.18. The van der Waals surface area contributed by atoms with Crippen molar-refractivity contribution in [2.45, 2.75) is 0 Å². The van der Waals surface area contributed by atoms with Gasteiger partial charge in [0.1, 0.15) is 11.2 Å². The summed E-state index contributed by atoms with van der Waals surface area (Å²) in [5, 5.41) is 2.17. The fourth-order valence-corrected chi connectivity index (χ4v) is 3.94. The third kappa shape index (κ3) is 3.06. The number of fused-ring (bicyclic) bond motifs is 3. The van der Waals surface area contributed by atoms with E-state index in [0.717, 1.165) is 49.9 Å². The third-order valence-corrected chi connectivity index (χ3v) is 5.48. The summed E-state index contributed by atoms with van der Waals surface area (Å²) >= 11 is 0. The molecule has 0 fully saturated rings. The summed E-state index contributed by atoms with van der Waals surface area (Å²) in [4.78, 5) is 13.6. The first-order valence-electron chi connectivity index (χ1n) is 10.1. The fraction of sp³-hybridized carbons (Fsp3) is 0. The Morgan fingerprint density at radius 3 is 2.32 bits per heavy atom. The molecule has 3 heterocycles. The number of furan rings is 1. The van der Waals surface area contributed by atoms with Crippen LogP contribution in [0, 0.1) is 0 Å². The second-order valence-electron chi connectivity index (χ2n) is 7.37. The van der Waals surface area contributed by atoms with Gasteiger partial charge in [-0.15, -0.1) is 0 Å². The van der Waals surface area contributed by atoms with Gasteiger partial charge in [0.2, 0.25) is 0 Å². The molecule has 6 aromatic rings. The van der Waals surface area contributed by atoms with E-state index in [1.165, 1.54) is 0 Å². The van der Waals surface area contributed by atoms with Crippen molar-refractivity contribution < 1.29 is 4.42 Å². The summed E-state index contributed by atoms with van der Waals surface area (Å²) in [6.07, 6.45) is 5.45. The summed E-state index contributed by atoms with van der Waals surface area (Å²) in [5.41, 5.74) is 6.69. The van der Waals surface area contributed by atoms with Gasteiger partial charge < -0.3 is 4.42 Å². The van der Waals surface area contributed by atoms with E-state index in [9.17, 15) is 0 Å².